The summed E-state index contributed by atoms with van der Waals surface area (Å²) in [6.07, 6.45) is 0.937. The van der Waals surface area contributed by atoms with Crippen molar-refractivity contribution in [2.75, 3.05) is 26.0 Å². The van der Waals surface area contributed by atoms with Gasteiger partial charge in [-0.15, -0.1) is 0 Å². The second-order valence-corrected chi connectivity index (χ2v) is 6.08. The van der Waals surface area contributed by atoms with Crippen molar-refractivity contribution in [3.63, 3.8) is 0 Å². The fraction of sp³-hybridized carbons (Fsp3) is 0.389. The number of rotatable bonds is 8. The molecule has 0 radical (unpaired) electrons. The average Bonchev–Trinajstić information content (AvgIpc) is 3.00. The van der Waals surface area contributed by atoms with E-state index < -0.39 is 6.10 Å². The maximum absolute atomic E-state index is 12.4. The van der Waals surface area contributed by atoms with Gasteiger partial charge < -0.3 is 15.0 Å². The molecule has 0 saturated carbocycles. The highest BCUT2D eigenvalue weighted by Crippen LogP contribution is 2.16. The van der Waals surface area contributed by atoms with Crippen LogP contribution < -0.4 is 10.1 Å². The molecule has 1 atom stereocenters. The Hall–Kier alpha value is -2.67. The Bertz CT molecular complexity index is 739. The lowest BCUT2D eigenvalue weighted by Crippen LogP contribution is -2.31. The van der Waals surface area contributed by atoms with Gasteiger partial charge in [-0.1, -0.05) is 12.1 Å². The molecule has 0 bridgehead atoms. The largest absolute Gasteiger partial charge is 0.481 e. The van der Waals surface area contributed by atoms with Crippen LogP contribution in [0.25, 0.3) is 0 Å². The summed E-state index contributed by atoms with van der Waals surface area (Å²) < 4.78 is 7.39. The van der Waals surface area contributed by atoms with Crippen molar-refractivity contribution < 1.29 is 14.3 Å². The first-order valence-electron chi connectivity index (χ1n) is 8.12. The van der Waals surface area contributed by atoms with Gasteiger partial charge in [0.1, 0.15) is 11.6 Å². The van der Waals surface area contributed by atoms with E-state index in [4.69, 9.17) is 4.74 Å². The normalized spacial score (nSPS) is 12.0. The molecule has 0 spiro atoms. The third-order valence-corrected chi connectivity index (χ3v) is 3.65. The van der Waals surface area contributed by atoms with E-state index in [9.17, 15) is 9.59 Å². The molecule has 0 aliphatic carbocycles. The molecule has 1 heterocycles. The lowest BCUT2D eigenvalue weighted by Gasteiger charge is -2.16. The molecule has 0 aliphatic heterocycles. The van der Waals surface area contributed by atoms with Crippen LogP contribution in [0, 0.1) is 0 Å². The number of amides is 1. The Kier molecular flexibility index (Phi) is 6.30. The predicted molar refractivity (Wildman–Crippen MR) is 95.9 cm³/mol. The standard InChI is InChI=1S/C18H24N4O3/c1-13(23)15-6-5-7-16(12-15)25-14(2)18(24)20-17-8-9-19-22(17)11-10-21(3)4/h5-9,12,14H,10-11H2,1-4H3,(H,20,24). The molecule has 0 fully saturated rings. The monoisotopic (exact) mass is 344 g/mol. The third kappa shape index (κ3) is 5.42. The molecular weight excluding hydrogens is 320 g/mol. The topological polar surface area (TPSA) is 76.5 Å². The summed E-state index contributed by atoms with van der Waals surface area (Å²) in [5, 5.41) is 7.04. The molecule has 134 valence electrons. The minimum absolute atomic E-state index is 0.0488. The fourth-order valence-corrected chi connectivity index (χ4v) is 2.19. The molecule has 7 nitrogen and oxygen atoms in total. The van der Waals surface area contributed by atoms with Crippen LogP contribution in [-0.2, 0) is 11.3 Å². The molecule has 2 rings (SSSR count). The number of anilines is 1. The number of benzene rings is 1. The van der Waals surface area contributed by atoms with Crippen LogP contribution >= 0.6 is 0 Å². The average molecular weight is 344 g/mol. The summed E-state index contributed by atoms with van der Waals surface area (Å²) in [6, 6.07) is 8.54. The van der Waals surface area contributed by atoms with E-state index in [1.807, 2.05) is 19.0 Å². The number of aromatic nitrogens is 2. The summed E-state index contributed by atoms with van der Waals surface area (Å²) >= 11 is 0. The predicted octanol–water partition coefficient (Wildman–Crippen LogP) is 2.05. The van der Waals surface area contributed by atoms with Crippen LogP contribution in [-0.4, -0.2) is 53.1 Å². The van der Waals surface area contributed by atoms with Crippen molar-refractivity contribution in [3.8, 4) is 5.75 Å². The lowest BCUT2D eigenvalue weighted by molar-refractivity contribution is -0.122. The summed E-state index contributed by atoms with van der Waals surface area (Å²) in [6.45, 7) is 4.64. The molecule has 1 aromatic carbocycles. The highest BCUT2D eigenvalue weighted by atomic mass is 16.5. The number of carbonyl (C=O) groups excluding carboxylic acids is 2. The molecule has 1 aromatic heterocycles. The smallest absolute Gasteiger partial charge is 0.266 e. The number of hydrogen-bond acceptors (Lipinski definition) is 5. The Morgan fingerprint density at radius 2 is 2.08 bits per heavy atom. The number of nitrogens with zero attached hydrogens (tertiary/aromatic N) is 3. The van der Waals surface area contributed by atoms with Crippen LogP contribution in [0.2, 0.25) is 0 Å². The first kappa shape index (κ1) is 18.7. The number of nitrogens with one attached hydrogen (secondary N) is 1. The molecular formula is C18H24N4O3. The highest BCUT2D eigenvalue weighted by Gasteiger charge is 2.17. The maximum atomic E-state index is 12.4. The van der Waals surface area contributed by atoms with Crippen molar-refractivity contribution in [1.29, 1.82) is 0 Å². The van der Waals surface area contributed by atoms with E-state index in [0.29, 0.717) is 23.7 Å². The Morgan fingerprint density at radius 3 is 2.76 bits per heavy atom. The van der Waals surface area contributed by atoms with Gasteiger partial charge in [0, 0.05) is 18.2 Å². The SMILES string of the molecule is CC(=O)c1cccc(OC(C)C(=O)Nc2ccnn2CCN(C)C)c1. The number of hydrogen-bond donors (Lipinski definition) is 1. The zero-order chi connectivity index (χ0) is 18.4. The van der Waals surface area contributed by atoms with Crippen LogP contribution in [0.15, 0.2) is 36.5 Å². The number of likely N-dealkylation sites (N-methyl/N-ethyl adjacent to an activating group) is 1. The van der Waals surface area contributed by atoms with Gasteiger partial charge in [-0.3, -0.25) is 9.59 Å². The number of ether oxygens (including phenoxy) is 1. The number of ketones is 1. The first-order valence-corrected chi connectivity index (χ1v) is 8.12. The molecule has 1 unspecified atom stereocenters. The first-order chi connectivity index (χ1) is 11.9. The molecule has 0 saturated heterocycles. The molecule has 25 heavy (non-hydrogen) atoms. The number of Topliss-reactive ketones (excluding diaryl/α,β-unsaturated/α-hetero) is 1. The number of carbonyl (C=O) groups is 2. The molecule has 7 heteroatoms. The van der Waals surface area contributed by atoms with Crippen molar-refractivity contribution >= 4 is 17.5 Å². The van der Waals surface area contributed by atoms with Gasteiger partial charge in [0.15, 0.2) is 11.9 Å². The van der Waals surface area contributed by atoms with Crippen LogP contribution in [0.4, 0.5) is 5.82 Å². The Labute approximate surface area is 147 Å². The third-order valence-electron chi connectivity index (χ3n) is 3.65. The fourth-order valence-electron chi connectivity index (χ4n) is 2.19. The van der Waals surface area contributed by atoms with Gasteiger partial charge in [0.25, 0.3) is 5.91 Å². The van der Waals surface area contributed by atoms with E-state index >= 15 is 0 Å². The second-order valence-electron chi connectivity index (χ2n) is 6.08. The van der Waals surface area contributed by atoms with E-state index in [1.54, 1.807) is 48.1 Å². The van der Waals surface area contributed by atoms with Crippen molar-refractivity contribution in [3.05, 3.63) is 42.1 Å². The highest BCUT2D eigenvalue weighted by molar-refractivity contribution is 5.95. The zero-order valence-corrected chi connectivity index (χ0v) is 15.0. The van der Waals surface area contributed by atoms with Gasteiger partial charge in [-0.25, -0.2) is 4.68 Å². The van der Waals surface area contributed by atoms with Gasteiger partial charge >= 0.3 is 0 Å². The molecule has 1 N–H and O–H groups in total. The van der Waals surface area contributed by atoms with Crippen molar-refractivity contribution in [2.24, 2.45) is 0 Å². The minimum atomic E-state index is -0.709. The van der Waals surface area contributed by atoms with E-state index in [2.05, 4.69) is 10.4 Å². The Morgan fingerprint density at radius 1 is 1.32 bits per heavy atom. The van der Waals surface area contributed by atoms with E-state index in [1.165, 1.54) is 6.92 Å². The van der Waals surface area contributed by atoms with Gasteiger partial charge in [-0.05, 0) is 40.1 Å². The van der Waals surface area contributed by atoms with Gasteiger partial charge in [-0.2, -0.15) is 5.10 Å². The maximum Gasteiger partial charge on any atom is 0.266 e. The van der Waals surface area contributed by atoms with Gasteiger partial charge in [0.2, 0.25) is 0 Å². The zero-order valence-electron chi connectivity index (χ0n) is 15.0. The minimum Gasteiger partial charge on any atom is -0.481 e. The van der Waals surface area contributed by atoms with E-state index in [0.717, 1.165) is 6.54 Å². The second kappa shape index (κ2) is 8.43. The lowest BCUT2D eigenvalue weighted by atomic mass is 10.1. The van der Waals surface area contributed by atoms with Crippen LogP contribution in [0.3, 0.4) is 0 Å². The Balaban J connectivity index is 1.98. The molecule has 2 aromatic rings. The van der Waals surface area contributed by atoms with Crippen LogP contribution in [0.1, 0.15) is 24.2 Å². The summed E-state index contributed by atoms with van der Waals surface area (Å²) in [7, 11) is 3.96. The van der Waals surface area contributed by atoms with Crippen molar-refractivity contribution in [1.82, 2.24) is 14.7 Å². The summed E-state index contributed by atoms with van der Waals surface area (Å²) in [5.41, 5.74) is 0.548. The van der Waals surface area contributed by atoms with E-state index in [-0.39, 0.29) is 11.7 Å². The quantitative estimate of drug-likeness (QED) is 0.742. The van der Waals surface area contributed by atoms with Gasteiger partial charge in [0.05, 0.1) is 12.7 Å². The summed E-state index contributed by atoms with van der Waals surface area (Å²) in [4.78, 5) is 25.8. The molecule has 0 aliphatic rings. The van der Waals surface area contributed by atoms with Crippen LogP contribution in [0.5, 0.6) is 5.75 Å². The van der Waals surface area contributed by atoms with Crippen molar-refractivity contribution in [2.45, 2.75) is 26.5 Å². The molecule has 1 amide bonds. The summed E-state index contributed by atoms with van der Waals surface area (Å²) in [5.74, 6) is 0.781.